The van der Waals surface area contributed by atoms with Gasteiger partial charge in [0.25, 0.3) is 0 Å². The van der Waals surface area contributed by atoms with Gasteiger partial charge in [-0.2, -0.15) is 13.2 Å². The SMILES string of the molecule is FC(F)(F)c1cnc(Nc2cccc(Br)c2)nc1Sc1ccccc1. The molecule has 0 saturated heterocycles. The van der Waals surface area contributed by atoms with Crippen molar-refractivity contribution in [1.82, 2.24) is 9.97 Å². The second kappa shape index (κ2) is 7.45. The Hall–Kier alpha value is -2.06. The Morgan fingerprint density at radius 2 is 1.76 bits per heavy atom. The molecule has 3 rings (SSSR count). The number of aromatic nitrogens is 2. The molecule has 8 heteroatoms. The Labute approximate surface area is 154 Å². The molecule has 2 aromatic carbocycles. The van der Waals surface area contributed by atoms with Crippen LogP contribution in [0.25, 0.3) is 0 Å². The monoisotopic (exact) mass is 425 g/mol. The van der Waals surface area contributed by atoms with Crippen molar-refractivity contribution in [1.29, 1.82) is 0 Å². The summed E-state index contributed by atoms with van der Waals surface area (Å²) in [6.07, 6.45) is -3.72. The average Bonchev–Trinajstić information content (AvgIpc) is 2.55. The summed E-state index contributed by atoms with van der Waals surface area (Å²) in [4.78, 5) is 8.53. The molecule has 0 atom stereocenters. The van der Waals surface area contributed by atoms with Gasteiger partial charge in [0.2, 0.25) is 5.95 Å². The van der Waals surface area contributed by atoms with Gasteiger partial charge in [-0.3, -0.25) is 0 Å². The Bertz CT molecular complexity index is 873. The molecule has 0 spiro atoms. The van der Waals surface area contributed by atoms with Crippen LogP contribution < -0.4 is 5.32 Å². The first-order valence-corrected chi connectivity index (χ1v) is 8.72. The topological polar surface area (TPSA) is 37.8 Å². The number of benzene rings is 2. The molecule has 3 nitrogen and oxygen atoms in total. The highest BCUT2D eigenvalue weighted by Crippen LogP contribution is 2.38. The van der Waals surface area contributed by atoms with Crippen molar-refractivity contribution in [3.63, 3.8) is 0 Å². The minimum Gasteiger partial charge on any atom is -0.324 e. The molecule has 0 aliphatic carbocycles. The maximum absolute atomic E-state index is 13.2. The second-order valence-corrected chi connectivity index (χ2v) is 6.94. The smallest absolute Gasteiger partial charge is 0.324 e. The van der Waals surface area contributed by atoms with Crippen LogP contribution in [0.3, 0.4) is 0 Å². The van der Waals surface area contributed by atoms with E-state index in [1.165, 1.54) is 0 Å². The van der Waals surface area contributed by atoms with Crippen molar-refractivity contribution in [2.24, 2.45) is 0 Å². The van der Waals surface area contributed by atoms with Crippen molar-refractivity contribution in [3.05, 3.63) is 70.8 Å². The summed E-state index contributed by atoms with van der Waals surface area (Å²) >= 11 is 4.29. The second-order valence-electron chi connectivity index (χ2n) is 4.96. The van der Waals surface area contributed by atoms with Gasteiger partial charge in [0.15, 0.2) is 0 Å². The van der Waals surface area contributed by atoms with Crippen molar-refractivity contribution in [2.75, 3.05) is 5.32 Å². The molecule has 0 saturated carbocycles. The van der Waals surface area contributed by atoms with Gasteiger partial charge in [-0.1, -0.05) is 52.0 Å². The fourth-order valence-corrected chi connectivity index (χ4v) is 3.32. The normalized spacial score (nSPS) is 11.4. The van der Waals surface area contributed by atoms with Gasteiger partial charge >= 0.3 is 6.18 Å². The van der Waals surface area contributed by atoms with Gasteiger partial charge < -0.3 is 5.32 Å². The van der Waals surface area contributed by atoms with Crippen LogP contribution in [0, 0.1) is 0 Å². The first-order valence-electron chi connectivity index (χ1n) is 7.11. The predicted octanol–water partition coefficient (Wildman–Crippen LogP) is 6.15. The Morgan fingerprint density at radius 3 is 2.44 bits per heavy atom. The number of hydrogen-bond donors (Lipinski definition) is 1. The van der Waals surface area contributed by atoms with E-state index in [0.717, 1.165) is 22.4 Å². The third kappa shape index (κ3) is 4.73. The molecule has 1 heterocycles. The summed E-state index contributed by atoms with van der Waals surface area (Å²) in [5.41, 5.74) is -0.189. The maximum atomic E-state index is 13.2. The van der Waals surface area contributed by atoms with E-state index in [-0.39, 0.29) is 11.0 Å². The van der Waals surface area contributed by atoms with Gasteiger partial charge in [-0.15, -0.1) is 0 Å². The largest absolute Gasteiger partial charge is 0.420 e. The molecular formula is C17H11BrF3N3S. The molecule has 0 bridgehead atoms. The van der Waals surface area contributed by atoms with Crippen LogP contribution in [0.2, 0.25) is 0 Å². The van der Waals surface area contributed by atoms with E-state index in [2.05, 4.69) is 31.2 Å². The Morgan fingerprint density at radius 1 is 1.00 bits per heavy atom. The standard InChI is InChI=1S/C17H11BrF3N3S/c18-11-5-4-6-12(9-11)23-16-22-10-14(17(19,20)21)15(24-16)25-13-7-2-1-3-8-13/h1-10H,(H,22,23,24). The Balaban J connectivity index is 1.95. The molecule has 0 aliphatic rings. The van der Waals surface area contributed by atoms with Gasteiger partial charge in [0, 0.05) is 21.3 Å². The summed E-state index contributed by atoms with van der Waals surface area (Å²) in [6.45, 7) is 0. The van der Waals surface area contributed by atoms with Crippen LogP contribution in [0.4, 0.5) is 24.8 Å². The molecule has 128 valence electrons. The van der Waals surface area contributed by atoms with Crippen LogP contribution in [-0.2, 0) is 6.18 Å². The molecule has 25 heavy (non-hydrogen) atoms. The molecule has 0 aliphatic heterocycles. The Kier molecular flexibility index (Phi) is 5.29. The lowest BCUT2D eigenvalue weighted by Gasteiger charge is -2.13. The number of nitrogens with one attached hydrogen (secondary N) is 1. The fraction of sp³-hybridized carbons (Fsp3) is 0.0588. The van der Waals surface area contributed by atoms with Crippen molar-refractivity contribution in [3.8, 4) is 0 Å². The van der Waals surface area contributed by atoms with E-state index in [9.17, 15) is 13.2 Å². The molecule has 0 amide bonds. The third-order valence-electron chi connectivity index (χ3n) is 3.10. The fourth-order valence-electron chi connectivity index (χ4n) is 1.99. The molecule has 3 aromatic rings. The first-order chi connectivity index (χ1) is 11.9. The van der Waals surface area contributed by atoms with E-state index < -0.39 is 11.7 Å². The molecule has 1 aromatic heterocycles. The van der Waals surface area contributed by atoms with Crippen LogP contribution in [-0.4, -0.2) is 9.97 Å². The summed E-state index contributed by atoms with van der Waals surface area (Å²) in [6, 6.07) is 16.0. The van der Waals surface area contributed by atoms with Crippen LogP contribution in [0.5, 0.6) is 0 Å². The van der Waals surface area contributed by atoms with Crippen molar-refractivity contribution >= 4 is 39.3 Å². The molecule has 0 radical (unpaired) electrons. The summed E-state index contributed by atoms with van der Waals surface area (Å²) in [5, 5.41) is 2.77. The van der Waals surface area contributed by atoms with Crippen molar-refractivity contribution in [2.45, 2.75) is 16.1 Å². The van der Waals surface area contributed by atoms with Crippen LogP contribution in [0.15, 0.2) is 75.2 Å². The van der Waals surface area contributed by atoms with Crippen LogP contribution in [0.1, 0.15) is 5.56 Å². The molecular weight excluding hydrogens is 415 g/mol. The third-order valence-corrected chi connectivity index (χ3v) is 4.60. The minimum atomic E-state index is -4.52. The van der Waals surface area contributed by atoms with Gasteiger partial charge in [0.1, 0.15) is 10.6 Å². The highest BCUT2D eigenvalue weighted by Gasteiger charge is 2.35. The lowest BCUT2D eigenvalue weighted by molar-refractivity contribution is -0.140. The molecule has 0 unspecified atom stereocenters. The van der Waals surface area contributed by atoms with Crippen LogP contribution >= 0.6 is 27.7 Å². The summed E-state index contributed by atoms with van der Waals surface area (Å²) < 4.78 is 40.6. The number of nitrogens with zero attached hydrogens (tertiary/aromatic N) is 2. The van der Waals surface area contributed by atoms with E-state index >= 15 is 0 Å². The zero-order valence-corrected chi connectivity index (χ0v) is 15.0. The van der Waals surface area contributed by atoms with E-state index in [0.29, 0.717) is 10.6 Å². The highest BCUT2D eigenvalue weighted by atomic mass is 79.9. The number of alkyl halides is 3. The lowest BCUT2D eigenvalue weighted by Crippen LogP contribution is -2.10. The highest BCUT2D eigenvalue weighted by molar-refractivity contribution is 9.10. The van der Waals surface area contributed by atoms with E-state index in [4.69, 9.17) is 0 Å². The van der Waals surface area contributed by atoms with Crippen molar-refractivity contribution < 1.29 is 13.2 Å². The zero-order valence-electron chi connectivity index (χ0n) is 12.6. The zero-order chi connectivity index (χ0) is 17.9. The summed E-state index contributed by atoms with van der Waals surface area (Å²) in [7, 11) is 0. The van der Waals surface area contributed by atoms with E-state index in [1.807, 2.05) is 6.07 Å². The summed E-state index contributed by atoms with van der Waals surface area (Å²) in [5.74, 6) is 0.101. The average molecular weight is 426 g/mol. The number of hydrogen-bond acceptors (Lipinski definition) is 4. The number of halogens is 4. The number of rotatable bonds is 4. The lowest BCUT2D eigenvalue weighted by atomic mass is 10.3. The molecule has 0 fully saturated rings. The quantitative estimate of drug-likeness (QED) is 0.508. The predicted molar refractivity (Wildman–Crippen MR) is 95.0 cm³/mol. The van der Waals surface area contributed by atoms with Gasteiger partial charge in [-0.05, 0) is 30.3 Å². The van der Waals surface area contributed by atoms with E-state index in [1.54, 1.807) is 48.5 Å². The molecule has 1 N–H and O–H groups in total. The minimum absolute atomic E-state index is 0.101. The maximum Gasteiger partial charge on any atom is 0.420 e. The first kappa shape index (κ1) is 17.8. The number of anilines is 2. The van der Waals surface area contributed by atoms with Gasteiger partial charge in [0.05, 0.1) is 0 Å². The van der Waals surface area contributed by atoms with Gasteiger partial charge in [-0.25, -0.2) is 9.97 Å².